The highest BCUT2D eigenvalue weighted by atomic mass is 19.1. The Bertz CT molecular complexity index is 806. The number of piperazine rings is 1. The van der Waals surface area contributed by atoms with Crippen LogP contribution in [0.2, 0.25) is 0 Å². The van der Waals surface area contributed by atoms with Crippen LogP contribution in [0.15, 0.2) is 18.6 Å². The number of aryl methyl sites for hydroxylation is 1. The molecule has 0 aliphatic carbocycles. The summed E-state index contributed by atoms with van der Waals surface area (Å²) in [4.78, 5) is 20.8. The number of nitriles is 1. The van der Waals surface area contributed by atoms with Crippen LogP contribution in [0.4, 0.5) is 16.2 Å². The van der Waals surface area contributed by atoms with Gasteiger partial charge in [-0.25, -0.2) is 24.3 Å². The third kappa shape index (κ3) is 2.24. The Labute approximate surface area is 138 Å². The molecule has 2 atom stereocenters. The first-order valence-electron chi connectivity index (χ1n) is 7.97. The van der Waals surface area contributed by atoms with E-state index in [9.17, 15) is 4.39 Å². The third-order valence-electron chi connectivity index (χ3n) is 4.66. The number of hydrogen-bond donors (Lipinski definition) is 0. The average Bonchev–Trinajstić information content (AvgIpc) is 2.62. The molecular formula is C16H16FN7. The van der Waals surface area contributed by atoms with Crippen molar-refractivity contribution < 1.29 is 4.39 Å². The normalized spacial score (nSPS) is 22.0. The molecule has 7 nitrogen and oxygen atoms in total. The minimum absolute atomic E-state index is 0.206. The van der Waals surface area contributed by atoms with Gasteiger partial charge in [0.2, 0.25) is 5.95 Å². The summed E-state index contributed by atoms with van der Waals surface area (Å²) >= 11 is 0. The number of aromatic nitrogens is 4. The van der Waals surface area contributed by atoms with Crippen LogP contribution in [-0.2, 0) is 6.42 Å². The van der Waals surface area contributed by atoms with E-state index in [1.165, 1.54) is 6.33 Å². The zero-order valence-corrected chi connectivity index (χ0v) is 13.2. The van der Waals surface area contributed by atoms with Gasteiger partial charge in [0, 0.05) is 19.3 Å². The zero-order valence-electron chi connectivity index (χ0n) is 13.2. The number of anilines is 2. The van der Waals surface area contributed by atoms with Gasteiger partial charge < -0.3 is 9.80 Å². The molecule has 3 fully saturated rings. The van der Waals surface area contributed by atoms with Crippen molar-refractivity contribution in [2.75, 3.05) is 22.9 Å². The van der Waals surface area contributed by atoms with Crippen molar-refractivity contribution in [2.45, 2.75) is 31.8 Å². The van der Waals surface area contributed by atoms with Gasteiger partial charge >= 0.3 is 0 Å². The van der Waals surface area contributed by atoms with Gasteiger partial charge in [0.25, 0.3) is 0 Å². The summed E-state index contributed by atoms with van der Waals surface area (Å²) in [6.45, 7) is 3.20. The maximum absolute atomic E-state index is 14.5. The first-order valence-corrected chi connectivity index (χ1v) is 7.97. The predicted molar refractivity (Wildman–Crippen MR) is 85.0 cm³/mol. The van der Waals surface area contributed by atoms with Crippen molar-refractivity contribution >= 4 is 11.8 Å². The summed E-state index contributed by atoms with van der Waals surface area (Å²) in [5.74, 6) is 0.630. The minimum atomic E-state index is -0.324. The van der Waals surface area contributed by atoms with E-state index in [2.05, 4.69) is 24.8 Å². The molecular weight excluding hydrogens is 309 g/mol. The zero-order chi connectivity index (χ0) is 16.7. The Morgan fingerprint density at radius 3 is 2.79 bits per heavy atom. The number of halogens is 1. The number of fused-ring (bicyclic) bond motifs is 2. The molecule has 0 N–H and O–H groups in total. The second-order valence-corrected chi connectivity index (χ2v) is 6.02. The van der Waals surface area contributed by atoms with Crippen LogP contribution in [0.5, 0.6) is 0 Å². The van der Waals surface area contributed by atoms with Gasteiger partial charge in [0.05, 0.1) is 17.8 Å². The predicted octanol–water partition coefficient (Wildman–Crippen LogP) is 1.31. The van der Waals surface area contributed by atoms with Crippen LogP contribution in [-0.4, -0.2) is 45.1 Å². The van der Waals surface area contributed by atoms with Crippen LogP contribution in [0, 0.1) is 17.1 Å². The van der Waals surface area contributed by atoms with Gasteiger partial charge in [-0.05, 0) is 18.9 Å². The molecule has 24 heavy (non-hydrogen) atoms. The van der Waals surface area contributed by atoms with Gasteiger partial charge in [-0.3, -0.25) is 0 Å². The molecule has 122 valence electrons. The fourth-order valence-corrected chi connectivity index (χ4v) is 3.51. The van der Waals surface area contributed by atoms with Crippen molar-refractivity contribution in [1.82, 2.24) is 19.9 Å². The summed E-state index contributed by atoms with van der Waals surface area (Å²) in [6.07, 6.45) is 4.59. The van der Waals surface area contributed by atoms with Crippen LogP contribution >= 0.6 is 0 Å². The van der Waals surface area contributed by atoms with Crippen molar-refractivity contribution in [3.8, 4) is 6.07 Å². The van der Waals surface area contributed by atoms with Crippen LogP contribution in [0.3, 0.4) is 0 Å². The van der Waals surface area contributed by atoms with Gasteiger partial charge in [-0.15, -0.1) is 0 Å². The number of nitrogens with zero attached hydrogens (tertiary/aromatic N) is 7. The standard InChI is InChI=1S/C16H16FN7/c1-2-13-14(17)15(21-9-20-13)23-7-11-5-12(8-23)24(11)16-19-4-3-10(6-18)22-16/h3-4,9,11-12H,2,5,7-8H2,1H3. The van der Waals surface area contributed by atoms with E-state index in [-0.39, 0.29) is 17.9 Å². The topological polar surface area (TPSA) is 81.8 Å². The van der Waals surface area contributed by atoms with Crippen LogP contribution in [0.1, 0.15) is 24.7 Å². The maximum atomic E-state index is 14.5. The van der Waals surface area contributed by atoms with Gasteiger partial charge in [-0.2, -0.15) is 5.26 Å². The third-order valence-corrected chi connectivity index (χ3v) is 4.66. The lowest BCUT2D eigenvalue weighted by Gasteiger charge is -2.56. The van der Waals surface area contributed by atoms with E-state index in [4.69, 9.17) is 5.26 Å². The maximum Gasteiger partial charge on any atom is 0.227 e. The minimum Gasteiger partial charge on any atom is -0.350 e. The molecule has 2 bridgehead atoms. The average molecular weight is 325 g/mol. The van der Waals surface area contributed by atoms with E-state index >= 15 is 0 Å². The van der Waals surface area contributed by atoms with Gasteiger partial charge in [-0.1, -0.05) is 6.92 Å². The summed E-state index contributed by atoms with van der Waals surface area (Å²) in [7, 11) is 0. The Kier molecular flexibility index (Phi) is 3.49. The molecule has 5 heterocycles. The molecule has 8 heteroatoms. The smallest absolute Gasteiger partial charge is 0.227 e. The SMILES string of the molecule is CCc1ncnc(N2CC3CC(C2)N3c2nccc(C#N)n2)c1F. The molecule has 0 spiro atoms. The lowest BCUT2D eigenvalue weighted by atomic mass is 9.88. The Morgan fingerprint density at radius 1 is 1.29 bits per heavy atom. The quantitative estimate of drug-likeness (QED) is 0.841. The lowest BCUT2D eigenvalue weighted by molar-refractivity contribution is 0.283. The highest BCUT2D eigenvalue weighted by molar-refractivity contribution is 5.50. The Balaban J connectivity index is 1.56. The van der Waals surface area contributed by atoms with E-state index in [0.29, 0.717) is 42.7 Å². The van der Waals surface area contributed by atoms with Crippen LogP contribution in [0.25, 0.3) is 0 Å². The molecule has 2 aromatic rings. The van der Waals surface area contributed by atoms with E-state index in [1.54, 1.807) is 12.3 Å². The molecule has 2 aromatic heterocycles. The molecule has 0 aromatic carbocycles. The highest BCUT2D eigenvalue weighted by Crippen LogP contribution is 2.37. The molecule has 3 saturated heterocycles. The number of hydrogen-bond acceptors (Lipinski definition) is 7. The monoisotopic (exact) mass is 325 g/mol. The number of rotatable bonds is 3. The van der Waals surface area contributed by atoms with Gasteiger partial charge in [0.15, 0.2) is 11.6 Å². The summed E-state index contributed by atoms with van der Waals surface area (Å²) < 4.78 is 14.5. The molecule has 3 aliphatic heterocycles. The first kappa shape index (κ1) is 14.8. The highest BCUT2D eigenvalue weighted by Gasteiger charge is 2.46. The van der Waals surface area contributed by atoms with Crippen molar-refractivity contribution in [2.24, 2.45) is 0 Å². The van der Waals surface area contributed by atoms with E-state index in [0.717, 1.165) is 6.42 Å². The Hall–Kier alpha value is -2.82. The van der Waals surface area contributed by atoms with Crippen molar-refractivity contribution in [3.05, 3.63) is 35.8 Å². The molecule has 0 amide bonds. The van der Waals surface area contributed by atoms with Gasteiger partial charge in [0.1, 0.15) is 18.1 Å². The van der Waals surface area contributed by atoms with Crippen molar-refractivity contribution in [3.63, 3.8) is 0 Å². The van der Waals surface area contributed by atoms with Crippen molar-refractivity contribution in [1.29, 1.82) is 5.26 Å². The number of piperidine rings is 1. The molecule has 5 rings (SSSR count). The molecule has 3 aliphatic rings. The Morgan fingerprint density at radius 2 is 2.08 bits per heavy atom. The van der Waals surface area contributed by atoms with E-state index < -0.39 is 0 Å². The second kappa shape index (κ2) is 5.67. The molecule has 0 radical (unpaired) electrons. The van der Waals surface area contributed by atoms with E-state index in [1.807, 2.05) is 17.9 Å². The first-order chi connectivity index (χ1) is 11.7. The summed E-state index contributed by atoms with van der Waals surface area (Å²) in [6, 6.07) is 4.04. The molecule has 2 unspecified atom stereocenters. The lowest BCUT2D eigenvalue weighted by Crippen LogP contribution is -2.69. The molecule has 0 saturated carbocycles. The van der Waals surface area contributed by atoms with Crippen LogP contribution < -0.4 is 9.80 Å². The largest absolute Gasteiger partial charge is 0.350 e. The fourth-order valence-electron chi connectivity index (χ4n) is 3.51. The fraction of sp³-hybridized carbons (Fsp3) is 0.438. The summed E-state index contributed by atoms with van der Waals surface area (Å²) in [5.41, 5.74) is 0.803. The second-order valence-electron chi connectivity index (χ2n) is 6.02. The summed E-state index contributed by atoms with van der Waals surface area (Å²) in [5, 5.41) is 8.99.